The standard InChI is InChI=1S/C12H15BrFNO2S/c13-11-8-9(14)6-7-12(11)18(16,17)15-10-4-2-1-3-5-10/h6-8,10,15H,1-5H2. The summed E-state index contributed by atoms with van der Waals surface area (Å²) < 4.78 is 40.2. The van der Waals surface area contributed by atoms with Gasteiger partial charge < -0.3 is 0 Å². The normalized spacial score (nSPS) is 17.9. The molecule has 1 saturated carbocycles. The van der Waals surface area contributed by atoms with E-state index < -0.39 is 15.8 Å². The smallest absolute Gasteiger partial charge is 0.208 e. The van der Waals surface area contributed by atoms with Crippen LogP contribution in [0.15, 0.2) is 27.6 Å². The molecule has 6 heteroatoms. The van der Waals surface area contributed by atoms with Crippen molar-refractivity contribution < 1.29 is 12.8 Å². The van der Waals surface area contributed by atoms with Crippen LogP contribution in [0.25, 0.3) is 0 Å². The molecule has 100 valence electrons. The summed E-state index contributed by atoms with van der Waals surface area (Å²) in [5, 5.41) is 0. The van der Waals surface area contributed by atoms with Gasteiger partial charge in [-0.05, 0) is 47.0 Å². The molecule has 0 saturated heterocycles. The van der Waals surface area contributed by atoms with Crippen molar-refractivity contribution in [2.24, 2.45) is 0 Å². The predicted octanol–water partition coefficient (Wildman–Crippen LogP) is 3.20. The van der Waals surface area contributed by atoms with Crippen LogP contribution in [-0.2, 0) is 10.0 Å². The molecule has 18 heavy (non-hydrogen) atoms. The molecule has 1 aliphatic rings. The molecule has 1 fully saturated rings. The molecule has 0 radical (unpaired) electrons. The Morgan fingerprint density at radius 1 is 1.22 bits per heavy atom. The molecule has 2 rings (SSSR count). The first kappa shape index (κ1) is 14.0. The Hall–Kier alpha value is -0.460. The van der Waals surface area contributed by atoms with Gasteiger partial charge in [0.25, 0.3) is 0 Å². The number of sulfonamides is 1. The van der Waals surface area contributed by atoms with E-state index in [9.17, 15) is 12.8 Å². The van der Waals surface area contributed by atoms with E-state index in [1.807, 2.05) is 0 Å². The van der Waals surface area contributed by atoms with Crippen LogP contribution >= 0.6 is 15.9 Å². The average molecular weight is 336 g/mol. The van der Waals surface area contributed by atoms with Crippen LogP contribution < -0.4 is 4.72 Å². The van der Waals surface area contributed by atoms with Gasteiger partial charge in [0.15, 0.2) is 0 Å². The van der Waals surface area contributed by atoms with Gasteiger partial charge in [-0.3, -0.25) is 0 Å². The Morgan fingerprint density at radius 2 is 1.89 bits per heavy atom. The molecule has 0 unspecified atom stereocenters. The van der Waals surface area contributed by atoms with Crippen molar-refractivity contribution in [1.29, 1.82) is 0 Å². The molecule has 1 aromatic rings. The Bertz CT molecular complexity index is 527. The van der Waals surface area contributed by atoms with Gasteiger partial charge in [0, 0.05) is 10.5 Å². The Kier molecular flexibility index (Phi) is 4.40. The lowest BCUT2D eigenvalue weighted by atomic mass is 9.96. The van der Waals surface area contributed by atoms with E-state index in [-0.39, 0.29) is 15.4 Å². The number of hydrogen-bond donors (Lipinski definition) is 1. The van der Waals surface area contributed by atoms with E-state index >= 15 is 0 Å². The van der Waals surface area contributed by atoms with Gasteiger partial charge in [-0.2, -0.15) is 0 Å². The molecule has 0 aromatic heterocycles. The lowest BCUT2D eigenvalue weighted by molar-refractivity contribution is 0.412. The molecule has 0 amide bonds. The number of nitrogens with one attached hydrogen (secondary N) is 1. The van der Waals surface area contributed by atoms with Crippen LogP contribution in [0.3, 0.4) is 0 Å². The monoisotopic (exact) mass is 335 g/mol. The van der Waals surface area contributed by atoms with Crippen molar-refractivity contribution in [3.05, 3.63) is 28.5 Å². The summed E-state index contributed by atoms with van der Waals surface area (Å²) in [6, 6.07) is 3.60. The maximum absolute atomic E-state index is 12.9. The van der Waals surface area contributed by atoms with Crippen LogP contribution in [0.5, 0.6) is 0 Å². The molecule has 0 spiro atoms. The minimum Gasteiger partial charge on any atom is -0.208 e. The number of halogens is 2. The van der Waals surface area contributed by atoms with Crippen LogP contribution in [0.1, 0.15) is 32.1 Å². The fourth-order valence-corrected chi connectivity index (χ4v) is 4.55. The minimum absolute atomic E-state index is 0.000651. The third kappa shape index (κ3) is 3.30. The van der Waals surface area contributed by atoms with Crippen LogP contribution in [0, 0.1) is 5.82 Å². The molecule has 0 bridgehead atoms. The van der Waals surface area contributed by atoms with Crippen molar-refractivity contribution >= 4 is 26.0 Å². The van der Waals surface area contributed by atoms with E-state index in [0.717, 1.165) is 37.8 Å². The highest BCUT2D eigenvalue weighted by molar-refractivity contribution is 9.10. The van der Waals surface area contributed by atoms with Crippen LogP contribution in [-0.4, -0.2) is 14.5 Å². The molecule has 3 nitrogen and oxygen atoms in total. The molecule has 0 aliphatic heterocycles. The summed E-state index contributed by atoms with van der Waals surface area (Å²) in [5.41, 5.74) is 0. The fraction of sp³-hybridized carbons (Fsp3) is 0.500. The van der Waals surface area contributed by atoms with Gasteiger partial charge in [0.05, 0.1) is 4.90 Å². The lowest BCUT2D eigenvalue weighted by Crippen LogP contribution is -2.36. The second-order valence-electron chi connectivity index (χ2n) is 4.53. The van der Waals surface area contributed by atoms with Gasteiger partial charge in [-0.25, -0.2) is 17.5 Å². The molecule has 1 aromatic carbocycles. The molecule has 0 heterocycles. The first-order valence-corrected chi connectivity index (χ1v) is 8.24. The molecule has 1 aliphatic carbocycles. The minimum atomic E-state index is -3.57. The predicted molar refractivity (Wildman–Crippen MR) is 71.3 cm³/mol. The summed E-state index contributed by atoms with van der Waals surface area (Å²) >= 11 is 3.09. The molecular formula is C12H15BrFNO2S. The quantitative estimate of drug-likeness (QED) is 0.921. The van der Waals surface area contributed by atoms with Crippen molar-refractivity contribution in [3.63, 3.8) is 0 Å². The largest absolute Gasteiger partial charge is 0.241 e. The summed E-state index contributed by atoms with van der Waals surface area (Å²) in [7, 11) is -3.57. The first-order chi connectivity index (χ1) is 8.49. The van der Waals surface area contributed by atoms with E-state index in [2.05, 4.69) is 20.7 Å². The van der Waals surface area contributed by atoms with Gasteiger partial charge in [0.1, 0.15) is 5.82 Å². The van der Waals surface area contributed by atoms with Gasteiger partial charge in [0.2, 0.25) is 10.0 Å². The number of rotatable bonds is 3. The van der Waals surface area contributed by atoms with Gasteiger partial charge in [-0.15, -0.1) is 0 Å². The zero-order valence-corrected chi connectivity index (χ0v) is 12.2. The van der Waals surface area contributed by atoms with Crippen molar-refractivity contribution in [3.8, 4) is 0 Å². The van der Waals surface area contributed by atoms with E-state index in [1.54, 1.807) is 0 Å². The van der Waals surface area contributed by atoms with Crippen LogP contribution in [0.2, 0.25) is 0 Å². The molecule has 0 atom stereocenters. The number of benzene rings is 1. The molecular weight excluding hydrogens is 321 g/mol. The summed E-state index contributed by atoms with van der Waals surface area (Å²) in [5.74, 6) is -0.460. The van der Waals surface area contributed by atoms with Crippen molar-refractivity contribution in [2.75, 3.05) is 0 Å². The highest BCUT2D eigenvalue weighted by Gasteiger charge is 2.23. The second kappa shape index (κ2) is 5.67. The Morgan fingerprint density at radius 3 is 2.50 bits per heavy atom. The second-order valence-corrected chi connectivity index (χ2v) is 7.07. The SMILES string of the molecule is O=S(=O)(NC1CCCCC1)c1ccc(F)cc1Br. The highest BCUT2D eigenvalue weighted by Crippen LogP contribution is 2.25. The third-order valence-electron chi connectivity index (χ3n) is 3.11. The van der Waals surface area contributed by atoms with Crippen molar-refractivity contribution in [1.82, 2.24) is 4.72 Å². The maximum atomic E-state index is 12.9. The van der Waals surface area contributed by atoms with Crippen LogP contribution in [0.4, 0.5) is 4.39 Å². The number of hydrogen-bond acceptors (Lipinski definition) is 2. The zero-order chi connectivity index (χ0) is 13.2. The van der Waals surface area contributed by atoms with E-state index in [1.165, 1.54) is 12.5 Å². The topological polar surface area (TPSA) is 46.2 Å². The van der Waals surface area contributed by atoms with Gasteiger partial charge >= 0.3 is 0 Å². The van der Waals surface area contributed by atoms with E-state index in [0.29, 0.717) is 0 Å². The Labute approximate surface area is 115 Å². The fourth-order valence-electron chi connectivity index (χ4n) is 2.20. The van der Waals surface area contributed by atoms with Crippen molar-refractivity contribution in [2.45, 2.75) is 43.0 Å². The summed E-state index contributed by atoms with van der Waals surface area (Å²) in [6.07, 6.45) is 5.02. The average Bonchev–Trinajstić information content (AvgIpc) is 2.29. The Balaban J connectivity index is 2.19. The third-order valence-corrected chi connectivity index (χ3v) is 5.61. The lowest BCUT2D eigenvalue weighted by Gasteiger charge is -2.22. The summed E-state index contributed by atoms with van der Waals surface area (Å²) in [6.45, 7) is 0. The zero-order valence-electron chi connectivity index (χ0n) is 9.83. The molecule has 1 N–H and O–H groups in total. The summed E-state index contributed by atoms with van der Waals surface area (Å²) in [4.78, 5) is 0.0921. The maximum Gasteiger partial charge on any atom is 0.241 e. The highest BCUT2D eigenvalue weighted by atomic mass is 79.9. The first-order valence-electron chi connectivity index (χ1n) is 5.96. The van der Waals surface area contributed by atoms with E-state index in [4.69, 9.17) is 0 Å². The van der Waals surface area contributed by atoms with Gasteiger partial charge in [-0.1, -0.05) is 19.3 Å².